The van der Waals surface area contributed by atoms with E-state index in [4.69, 9.17) is 4.42 Å². The van der Waals surface area contributed by atoms with E-state index >= 15 is 0 Å². The van der Waals surface area contributed by atoms with E-state index in [1.54, 1.807) is 6.07 Å². The average Bonchev–Trinajstić information content (AvgIpc) is 3.07. The van der Waals surface area contributed by atoms with Crippen LogP contribution in [0, 0.1) is 13.8 Å². The third-order valence-electron chi connectivity index (χ3n) is 3.09. The zero-order chi connectivity index (χ0) is 14.8. The fourth-order valence-electron chi connectivity index (χ4n) is 2.06. The monoisotopic (exact) mass is 281 g/mol. The lowest BCUT2D eigenvalue weighted by Gasteiger charge is -2.03. The third-order valence-corrected chi connectivity index (χ3v) is 3.09. The standard InChI is InChI=1S/C16H15N3O2/c1-10-4-3-5-12(8-10)17-16(20)14-9-13(18-19-14)15-7-6-11(2)21-15/h3-9H,1-2H3,(H,17,20)(H,18,19). The van der Waals surface area contributed by atoms with Crippen molar-refractivity contribution in [1.29, 1.82) is 0 Å². The molecular formula is C16H15N3O2. The predicted octanol–water partition coefficient (Wildman–Crippen LogP) is 3.54. The number of amides is 1. The van der Waals surface area contributed by atoms with Crippen molar-refractivity contribution in [1.82, 2.24) is 10.2 Å². The molecule has 0 radical (unpaired) electrons. The number of rotatable bonds is 3. The first-order chi connectivity index (χ1) is 10.1. The summed E-state index contributed by atoms with van der Waals surface area (Å²) in [6, 6.07) is 13.0. The Morgan fingerprint density at radius 1 is 1.19 bits per heavy atom. The van der Waals surface area contributed by atoms with Crippen molar-refractivity contribution in [3.8, 4) is 11.5 Å². The average molecular weight is 281 g/mol. The van der Waals surface area contributed by atoms with Crippen LogP contribution in [0.15, 0.2) is 46.9 Å². The van der Waals surface area contributed by atoms with Crippen LogP contribution < -0.4 is 5.32 Å². The summed E-state index contributed by atoms with van der Waals surface area (Å²) in [5, 5.41) is 9.65. The largest absolute Gasteiger partial charge is 0.460 e. The fraction of sp³-hybridized carbons (Fsp3) is 0.125. The van der Waals surface area contributed by atoms with Gasteiger partial charge in [0.1, 0.15) is 11.5 Å². The quantitative estimate of drug-likeness (QED) is 0.771. The number of aryl methyl sites for hydroxylation is 2. The van der Waals surface area contributed by atoms with E-state index in [9.17, 15) is 4.79 Å². The van der Waals surface area contributed by atoms with Gasteiger partial charge in [0, 0.05) is 11.8 Å². The Morgan fingerprint density at radius 2 is 2.05 bits per heavy atom. The topological polar surface area (TPSA) is 70.9 Å². The Hall–Kier alpha value is -2.82. The molecule has 2 heterocycles. The van der Waals surface area contributed by atoms with Crippen LogP contribution in [-0.4, -0.2) is 16.1 Å². The minimum absolute atomic E-state index is 0.258. The highest BCUT2D eigenvalue weighted by Gasteiger charge is 2.13. The maximum Gasteiger partial charge on any atom is 0.276 e. The van der Waals surface area contributed by atoms with Gasteiger partial charge in [-0.25, -0.2) is 0 Å². The van der Waals surface area contributed by atoms with Crippen molar-refractivity contribution in [2.45, 2.75) is 13.8 Å². The van der Waals surface area contributed by atoms with Crippen LogP contribution in [-0.2, 0) is 0 Å². The molecule has 0 unspecified atom stereocenters. The van der Waals surface area contributed by atoms with Crippen LogP contribution in [0.1, 0.15) is 21.8 Å². The number of aromatic nitrogens is 2. The van der Waals surface area contributed by atoms with Gasteiger partial charge in [-0.1, -0.05) is 12.1 Å². The normalized spacial score (nSPS) is 10.6. The molecule has 0 bridgehead atoms. The number of hydrogen-bond acceptors (Lipinski definition) is 3. The van der Waals surface area contributed by atoms with Crippen molar-refractivity contribution >= 4 is 11.6 Å². The summed E-state index contributed by atoms with van der Waals surface area (Å²) in [4.78, 5) is 12.2. The number of benzene rings is 1. The maximum atomic E-state index is 12.2. The molecular weight excluding hydrogens is 266 g/mol. The van der Waals surface area contributed by atoms with Gasteiger partial charge in [0.2, 0.25) is 0 Å². The third kappa shape index (κ3) is 2.86. The van der Waals surface area contributed by atoms with Crippen LogP contribution >= 0.6 is 0 Å². The molecule has 0 atom stereocenters. The molecule has 21 heavy (non-hydrogen) atoms. The zero-order valence-electron chi connectivity index (χ0n) is 11.8. The number of hydrogen-bond donors (Lipinski definition) is 2. The molecule has 0 aliphatic carbocycles. The molecule has 5 heteroatoms. The molecule has 1 amide bonds. The fourth-order valence-corrected chi connectivity index (χ4v) is 2.06. The van der Waals surface area contributed by atoms with E-state index in [-0.39, 0.29) is 5.91 Å². The van der Waals surface area contributed by atoms with E-state index in [0.717, 1.165) is 17.0 Å². The second-order valence-corrected chi connectivity index (χ2v) is 4.90. The molecule has 1 aromatic carbocycles. The van der Waals surface area contributed by atoms with Gasteiger partial charge in [-0.05, 0) is 43.7 Å². The number of H-pyrrole nitrogens is 1. The highest BCUT2D eigenvalue weighted by molar-refractivity contribution is 6.03. The van der Waals surface area contributed by atoms with Gasteiger partial charge in [0.25, 0.3) is 5.91 Å². The highest BCUT2D eigenvalue weighted by Crippen LogP contribution is 2.20. The molecule has 0 aliphatic heterocycles. The summed E-state index contributed by atoms with van der Waals surface area (Å²) >= 11 is 0. The number of nitrogens with one attached hydrogen (secondary N) is 2. The van der Waals surface area contributed by atoms with Crippen LogP contribution in [0.3, 0.4) is 0 Å². The number of nitrogens with zero attached hydrogens (tertiary/aromatic N) is 1. The summed E-state index contributed by atoms with van der Waals surface area (Å²) in [5.41, 5.74) is 2.83. The molecule has 0 saturated heterocycles. The Bertz CT molecular complexity index is 786. The van der Waals surface area contributed by atoms with Crippen LogP contribution in [0.4, 0.5) is 5.69 Å². The van der Waals surface area contributed by atoms with Crippen LogP contribution in [0.25, 0.3) is 11.5 Å². The Kier molecular flexibility index (Phi) is 3.31. The maximum absolute atomic E-state index is 12.2. The first-order valence-electron chi connectivity index (χ1n) is 6.62. The molecule has 3 rings (SSSR count). The molecule has 5 nitrogen and oxygen atoms in total. The molecule has 2 aromatic heterocycles. The van der Waals surface area contributed by atoms with Gasteiger partial charge in [-0.15, -0.1) is 0 Å². The lowest BCUT2D eigenvalue weighted by molar-refractivity contribution is 0.102. The van der Waals surface area contributed by atoms with E-state index in [1.807, 2.05) is 50.2 Å². The second-order valence-electron chi connectivity index (χ2n) is 4.90. The molecule has 3 aromatic rings. The summed E-state index contributed by atoms with van der Waals surface area (Å²) in [6.07, 6.45) is 0. The number of aromatic amines is 1. The second kappa shape index (κ2) is 5.28. The smallest absolute Gasteiger partial charge is 0.276 e. The summed E-state index contributed by atoms with van der Waals surface area (Å²) in [5.74, 6) is 1.21. The predicted molar refractivity (Wildman–Crippen MR) is 80.2 cm³/mol. The summed E-state index contributed by atoms with van der Waals surface area (Å²) in [6.45, 7) is 3.84. The molecule has 0 spiro atoms. The van der Waals surface area contributed by atoms with E-state index in [1.165, 1.54) is 0 Å². The summed E-state index contributed by atoms with van der Waals surface area (Å²) in [7, 11) is 0. The number of furan rings is 1. The van der Waals surface area contributed by atoms with Gasteiger partial charge < -0.3 is 9.73 Å². The minimum atomic E-state index is -0.258. The lowest BCUT2D eigenvalue weighted by Crippen LogP contribution is -2.12. The zero-order valence-corrected chi connectivity index (χ0v) is 11.8. The molecule has 0 aliphatic rings. The molecule has 0 fully saturated rings. The number of carbonyl (C=O) groups excluding carboxylic acids is 1. The van der Waals surface area contributed by atoms with Crippen LogP contribution in [0.2, 0.25) is 0 Å². The first-order valence-corrected chi connectivity index (χ1v) is 6.62. The van der Waals surface area contributed by atoms with Crippen molar-refractivity contribution in [3.63, 3.8) is 0 Å². The molecule has 2 N–H and O–H groups in total. The van der Waals surface area contributed by atoms with Crippen molar-refractivity contribution in [3.05, 3.63) is 59.5 Å². The van der Waals surface area contributed by atoms with Gasteiger partial charge in [-0.2, -0.15) is 5.10 Å². The summed E-state index contributed by atoms with van der Waals surface area (Å²) < 4.78 is 5.49. The minimum Gasteiger partial charge on any atom is -0.460 e. The van der Waals surface area contributed by atoms with E-state index < -0.39 is 0 Å². The van der Waals surface area contributed by atoms with Crippen molar-refractivity contribution in [2.24, 2.45) is 0 Å². The van der Waals surface area contributed by atoms with Crippen molar-refractivity contribution < 1.29 is 9.21 Å². The Balaban J connectivity index is 1.78. The number of carbonyl (C=O) groups is 1. The first kappa shape index (κ1) is 13.2. The van der Waals surface area contributed by atoms with Crippen LogP contribution in [0.5, 0.6) is 0 Å². The number of anilines is 1. The SMILES string of the molecule is Cc1cccc(NC(=O)c2cc(-c3ccc(C)o3)[nH]n2)c1. The Labute approximate surface area is 122 Å². The Morgan fingerprint density at radius 3 is 2.76 bits per heavy atom. The highest BCUT2D eigenvalue weighted by atomic mass is 16.3. The van der Waals surface area contributed by atoms with Gasteiger partial charge in [0.15, 0.2) is 11.5 Å². The lowest BCUT2D eigenvalue weighted by atomic mass is 10.2. The van der Waals surface area contributed by atoms with E-state index in [2.05, 4.69) is 15.5 Å². The molecule has 106 valence electrons. The van der Waals surface area contributed by atoms with Gasteiger partial charge in [0.05, 0.1) is 0 Å². The van der Waals surface area contributed by atoms with Gasteiger partial charge in [-0.3, -0.25) is 9.89 Å². The van der Waals surface area contributed by atoms with Gasteiger partial charge >= 0.3 is 0 Å². The van der Waals surface area contributed by atoms with Crippen molar-refractivity contribution in [2.75, 3.05) is 5.32 Å². The van der Waals surface area contributed by atoms with E-state index in [0.29, 0.717) is 17.1 Å². The molecule has 0 saturated carbocycles.